The van der Waals surface area contributed by atoms with Gasteiger partial charge in [-0.25, -0.2) is 0 Å². The quantitative estimate of drug-likeness (QED) is 0.652. The zero-order chi connectivity index (χ0) is 11.1. The number of aromatic nitrogens is 1. The molecule has 78 valence electrons. The van der Waals surface area contributed by atoms with Gasteiger partial charge in [-0.3, -0.25) is 9.59 Å². The molecule has 2 aromatic heterocycles. The van der Waals surface area contributed by atoms with Crippen LogP contribution in [0.15, 0.2) is 35.1 Å². The second kappa shape index (κ2) is 3.28. The number of carbonyl (C=O) groups excluding carboxylic acids is 1. The third-order valence-corrected chi connectivity index (χ3v) is 3.53. The molecule has 0 saturated carbocycles. The lowest BCUT2D eigenvalue weighted by Crippen LogP contribution is -2.04. The van der Waals surface area contributed by atoms with Gasteiger partial charge in [0.15, 0.2) is 6.29 Å². The van der Waals surface area contributed by atoms with E-state index in [4.69, 9.17) is 0 Å². The number of rotatable bonds is 1. The number of hydrogen-bond acceptors (Lipinski definition) is 3. The van der Waals surface area contributed by atoms with E-state index in [9.17, 15) is 9.59 Å². The topological polar surface area (TPSA) is 49.9 Å². The average Bonchev–Trinajstić information content (AvgIpc) is 2.72. The van der Waals surface area contributed by atoms with Crippen molar-refractivity contribution in [2.45, 2.75) is 0 Å². The summed E-state index contributed by atoms with van der Waals surface area (Å²) in [6, 6.07) is 9.21. The van der Waals surface area contributed by atoms with Crippen molar-refractivity contribution in [1.82, 2.24) is 4.98 Å². The lowest BCUT2D eigenvalue weighted by molar-refractivity contribution is 0.112. The first-order valence-corrected chi connectivity index (χ1v) is 5.61. The summed E-state index contributed by atoms with van der Waals surface area (Å²) in [6.45, 7) is 0. The van der Waals surface area contributed by atoms with Crippen LogP contribution in [0.4, 0.5) is 0 Å². The average molecular weight is 229 g/mol. The second-order valence-electron chi connectivity index (χ2n) is 3.51. The maximum absolute atomic E-state index is 11.8. The van der Waals surface area contributed by atoms with Gasteiger partial charge >= 0.3 is 0 Å². The van der Waals surface area contributed by atoms with Crippen LogP contribution in [0.5, 0.6) is 0 Å². The molecular weight excluding hydrogens is 222 g/mol. The van der Waals surface area contributed by atoms with Crippen molar-refractivity contribution >= 4 is 38.6 Å². The van der Waals surface area contributed by atoms with E-state index in [2.05, 4.69) is 4.98 Å². The molecule has 16 heavy (non-hydrogen) atoms. The Morgan fingerprint density at radius 2 is 1.88 bits per heavy atom. The molecule has 0 saturated heterocycles. The van der Waals surface area contributed by atoms with Crippen molar-refractivity contribution in [2.24, 2.45) is 0 Å². The van der Waals surface area contributed by atoms with Crippen LogP contribution in [-0.2, 0) is 0 Å². The minimum atomic E-state index is -0.109. The molecular formula is C12H7NO2S. The summed E-state index contributed by atoms with van der Waals surface area (Å²) in [7, 11) is 0. The fraction of sp³-hybridized carbons (Fsp3) is 0. The monoisotopic (exact) mass is 229 g/mol. The predicted octanol–water partition coefficient (Wildman–Crippen LogP) is 2.56. The van der Waals surface area contributed by atoms with Gasteiger partial charge in [-0.1, -0.05) is 18.2 Å². The Morgan fingerprint density at radius 1 is 1.12 bits per heavy atom. The van der Waals surface area contributed by atoms with Gasteiger partial charge in [-0.15, -0.1) is 11.3 Å². The highest BCUT2D eigenvalue weighted by Gasteiger charge is 2.07. The van der Waals surface area contributed by atoms with E-state index in [1.807, 2.05) is 24.3 Å². The number of thiophene rings is 1. The second-order valence-corrected chi connectivity index (χ2v) is 4.59. The largest absolute Gasteiger partial charge is 0.313 e. The molecule has 0 atom stereocenters. The fourth-order valence-electron chi connectivity index (χ4n) is 1.85. The molecule has 0 aliphatic rings. The zero-order valence-electron chi connectivity index (χ0n) is 8.19. The first kappa shape index (κ1) is 9.30. The maximum atomic E-state index is 11.8. The molecule has 3 aromatic rings. The Labute approximate surface area is 94.3 Å². The Kier molecular flexibility index (Phi) is 1.91. The number of benzene rings is 1. The Balaban J connectivity index is 2.62. The summed E-state index contributed by atoms with van der Waals surface area (Å²) in [5.41, 5.74) is -0.109. The summed E-state index contributed by atoms with van der Waals surface area (Å²) >= 11 is 1.30. The molecule has 0 bridgehead atoms. The minimum Gasteiger partial charge on any atom is -0.313 e. The van der Waals surface area contributed by atoms with Crippen molar-refractivity contribution < 1.29 is 4.79 Å². The fourth-order valence-corrected chi connectivity index (χ4v) is 2.73. The summed E-state index contributed by atoms with van der Waals surface area (Å²) in [5, 5.41) is 2.48. The van der Waals surface area contributed by atoms with E-state index in [1.54, 1.807) is 6.07 Å². The molecule has 4 heteroatoms. The van der Waals surface area contributed by atoms with Crippen molar-refractivity contribution in [2.75, 3.05) is 0 Å². The minimum absolute atomic E-state index is 0.109. The van der Waals surface area contributed by atoms with Crippen LogP contribution in [0.3, 0.4) is 0 Å². The highest BCUT2D eigenvalue weighted by molar-refractivity contribution is 7.20. The highest BCUT2D eigenvalue weighted by Crippen LogP contribution is 2.27. The molecule has 0 aliphatic heterocycles. The molecule has 0 radical (unpaired) electrons. The van der Waals surface area contributed by atoms with Crippen LogP contribution < -0.4 is 5.56 Å². The van der Waals surface area contributed by atoms with Crippen molar-refractivity contribution in [3.8, 4) is 0 Å². The van der Waals surface area contributed by atoms with Gasteiger partial charge in [0.2, 0.25) is 0 Å². The first-order valence-electron chi connectivity index (χ1n) is 4.79. The molecule has 2 heterocycles. The number of H-pyrrole nitrogens is 1. The third kappa shape index (κ3) is 1.20. The molecule has 0 fully saturated rings. The third-order valence-electron chi connectivity index (χ3n) is 2.56. The number of carbonyl (C=O) groups is 1. The normalized spacial score (nSPS) is 11.0. The standard InChI is InChI=1S/C12H7NO2S/c14-6-7-5-10-8-3-1-2-4-9(8)11(15)13-12(10)16-7/h1-6H,(H,13,15). The molecule has 0 unspecified atom stereocenters. The van der Waals surface area contributed by atoms with Crippen molar-refractivity contribution in [3.63, 3.8) is 0 Å². The molecule has 1 aromatic carbocycles. The number of aldehydes is 1. The van der Waals surface area contributed by atoms with E-state index in [0.717, 1.165) is 21.9 Å². The van der Waals surface area contributed by atoms with Crippen LogP contribution in [0.1, 0.15) is 9.67 Å². The van der Waals surface area contributed by atoms with Crippen molar-refractivity contribution in [3.05, 3.63) is 45.6 Å². The van der Waals surface area contributed by atoms with Gasteiger partial charge in [0, 0.05) is 10.8 Å². The zero-order valence-corrected chi connectivity index (χ0v) is 9.01. The Hall–Kier alpha value is -1.94. The summed E-state index contributed by atoms with van der Waals surface area (Å²) in [4.78, 5) is 26.6. The predicted molar refractivity (Wildman–Crippen MR) is 65.3 cm³/mol. The van der Waals surface area contributed by atoms with Crippen LogP contribution in [0.25, 0.3) is 21.0 Å². The van der Waals surface area contributed by atoms with Crippen molar-refractivity contribution in [1.29, 1.82) is 0 Å². The smallest absolute Gasteiger partial charge is 0.256 e. The SMILES string of the molecule is O=Cc1cc2c([nH]c(=O)c3ccccc32)s1. The lowest BCUT2D eigenvalue weighted by atomic mass is 10.1. The summed E-state index contributed by atoms with van der Waals surface area (Å²) in [6.07, 6.45) is 0.803. The van der Waals surface area contributed by atoms with Crippen LogP contribution in [0, 0.1) is 0 Å². The maximum Gasteiger partial charge on any atom is 0.256 e. The van der Waals surface area contributed by atoms with E-state index in [0.29, 0.717) is 10.3 Å². The van der Waals surface area contributed by atoms with E-state index >= 15 is 0 Å². The van der Waals surface area contributed by atoms with Gasteiger partial charge in [-0.2, -0.15) is 0 Å². The van der Waals surface area contributed by atoms with Gasteiger partial charge in [0.05, 0.1) is 4.88 Å². The number of fused-ring (bicyclic) bond motifs is 3. The molecule has 3 nitrogen and oxygen atoms in total. The van der Waals surface area contributed by atoms with E-state index < -0.39 is 0 Å². The van der Waals surface area contributed by atoms with Gasteiger partial charge in [0.25, 0.3) is 5.56 Å². The van der Waals surface area contributed by atoms with Gasteiger partial charge in [0.1, 0.15) is 4.83 Å². The molecule has 0 spiro atoms. The molecule has 0 aliphatic carbocycles. The summed E-state index contributed by atoms with van der Waals surface area (Å²) in [5.74, 6) is 0. The van der Waals surface area contributed by atoms with E-state index in [1.165, 1.54) is 11.3 Å². The number of pyridine rings is 1. The highest BCUT2D eigenvalue weighted by atomic mass is 32.1. The molecule has 0 amide bonds. The van der Waals surface area contributed by atoms with E-state index in [-0.39, 0.29) is 5.56 Å². The molecule has 3 rings (SSSR count). The van der Waals surface area contributed by atoms with Crippen LogP contribution >= 0.6 is 11.3 Å². The lowest BCUT2D eigenvalue weighted by Gasteiger charge is -1.97. The first-order chi connectivity index (χ1) is 7.79. The van der Waals surface area contributed by atoms with Gasteiger partial charge < -0.3 is 4.98 Å². The van der Waals surface area contributed by atoms with Gasteiger partial charge in [-0.05, 0) is 17.5 Å². The number of aromatic amines is 1. The van der Waals surface area contributed by atoms with Crippen LogP contribution in [-0.4, -0.2) is 11.3 Å². The Morgan fingerprint density at radius 3 is 2.62 bits per heavy atom. The Bertz CT molecular complexity index is 754. The molecule has 1 N–H and O–H groups in total. The van der Waals surface area contributed by atoms with Crippen LogP contribution in [0.2, 0.25) is 0 Å². The number of hydrogen-bond donors (Lipinski definition) is 1. The summed E-state index contributed by atoms with van der Waals surface area (Å²) < 4.78 is 0. The number of nitrogens with one attached hydrogen (secondary N) is 1.